The van der Waals surface area contributed by atoms with E-state index in [1.807, 2.05) is 18.2 Å². The van der Waals surface area contributed by atoms with Crippen LogP contribution in [0.5, 0.6) is 0 Å². The van der Waals surface area contributed by atoms with Gasteiger partial charge in [0.2, 0.25) is 5.72 Å². The molecule has 0 spiro atoms. The first kappa shape index (κ1) is 19.6. The molecular weight excluding hydrogens is 564 g/mol. The molecule has 26 heavy (non-hydrogen) atoms. The van der Waals surface area contributed by atoms with Crippen molar-refractivity contribution >= 4 is 51.0 Å². The molecule has 1 aromatic heterocycles. The van der Waals surface area contributed by atoms with Gasteiger partial charge in [-0.25, -0.2) is 4.79 Å². The minimum absolute atomic E-state index is 0.0255. The average molecular weight is 579 g/mol. The van der Waals surface area contributed by atoms with Gasteiger partial charge in [-0.2, -0.15) is 4.98 Å². The topological polar surface area (TPSA) is 111 Å². The predicted octanol–water partition coefficient (Wildman–Crippen LogP) is 0.881. The second-order valence-electron chi connectivity index (χ2n) is 5.81. The van der Waals surface area contributed by atoms with Gasteiger partial charge in [0.1, 0.15) is 11.9 Å². The third-order valence-corrected chi connectivity index (χ3v) is 5.17. The highest BCUT2D eigenvalue weighted by Gasteiger charge is 2.47. The number of hydrogen-bond donors (Lipinski definition) is 3. The van der Waals surface area contributed by atoms with Crippen molar-refractivity contribution in [2.45, 2.75) is 24.4 Å². The molecule has 136 valence electrons. The lowest BCUT2D eigenvalue weighted by Gasteiger charge is -2.25. The van der Waals surface area contributed by atoms with E-state index in [4.69, 9.17) is 10.5 Å². The Morgan fingerprint density at radius 3 is 2.65 bits per heavy atom. The maximum absolute atomic E-state index is 12.3. The van der Waals surface area contributed by atoms with Crippen molar-refractivity contribution in [3.05, 3.63) is 53.7 Å². The molecule has 3 atom stereocenters. The largest absolute Gasteiger partial charge is 0.394 e. The molecular formula is C17H15I2N3O4. The molecule has 1 aromatic carbocycles. The number of aliphatic hydroxyl groups is 2. The van der Waals surface area contributed by atoms with E-state index in [2.05, 4.69) is 62.0 Å². The maximum atomic E-state index is 12.3. The van der Waals surface area contributed by atoms with Crippen LogP contribution in [0.15, 0.2) is 35.3 Å². The van der Waals surface area contributed by atoms with E-state index < -0.39 is 23.6 Å². The van der Waals surface area contributed by atoms with Gasteiger partial charge in [0, 0.05) is 25.3 Å². The number of aromatic nitrogens is 2. The number of benzene rings is 1. The summed E-state index contributed by atoms with van der Waals surface area (Å²) in [6.07, 6.45) is -0.346. The second kappa shape index (κ2) is 7.81. The van der Waals surface area contributed by atoms with E-state index in [0.717, 1.165) is 12.7 Å². The summed E-state index contributed by atoms with van der Waals surface area (Å²) in [5.74, 6) is 6.07. The number of nitrogens with zero attached hydrogens (tertiary/aromatic N) is 2. The Morgan fingerprint density at radius 1 is 1.38 bits per heavy atom. The number of hydrogen-bond acceptors (Lipinski definition) is 6. The van der Waals surface area contributed by atoms with Crippen LogP contribution in [0.25, 0.3) is 0 Å². The SMILES string of the molecule is Nc1ccn([C@@]2(C#Cc3cc(I)cc(I)c3)C[C@H](O)[C@@H](CO)O2)c(=O)n1. The molecule has 0 saturated carbocycles. The Hall–Kier alpha value is -1.20. The van der Waals surface area contributed by atoms with Crippen molar-refractivity contribution in [3.63, 3.8) is 0 Å². The standard InChI is InChI=1S/C17H15I2N3O4/c18-11-5-10(6-12(19)7-11)1-3-17(8-13(24)14(9-23)26-17)22-4-2-15(20)21-16(22)25/h2,4-7,13-14,23-24H,8-9H2,(H2,20,21,25)/t13-,14+,17+/m0/s1. The Bertz CT molecular complexity index is 933. The molecule has 1 fully saturated rings. The van der Waals surface area contributed by atoms with Gasteiger partial charge in [-0.3, -0.25) is 4.57 Å². The van der Waals surface area contributed by atoms with E-state index >= 15 is 0 Å². The van der Waals surface area contributed by atoms with Crippen LogP contribution in [0, 0.1) is 19.0 Å². The molecule has 0 radical (unpaired) electrons. The Kier molecular flexibility index (Phi) is 5.88. The van der Waals surface area contributed by atoms with Crippen LogP contribution < -0.4 is 11.4 Å². The zero-order chi connectivity index (χ0) is 18.9. The van der Waals surface area contributed by atoms with Crippen LogP contribution in [0.1, 0.15) is 12.0 Å². The van der Waals surface area contributed by atoms with E-state index in [0.29, 0.717) is 0 Å². The summed E-state index contributed by atoms with van der Waals surface area (Å²) in [5, 5.41) is 19.6. The summed E-state index contributed by atoms with van der Waals surface area (Å²) in [6.45, 7) is -0.386. The molecule has 4 N–H and O–H groups in total. The molecule has 2 aromatic rings. The molecule has 0 bridgehead atoms. The Morgan fingerprint density at radius 2 is 2.08 bits per heavy atom. The van der Waals surface area contributed by atoms with Crippen LogP contribution in [-0.4, -0.2) is 38.6 Å². The molecule has 0 aliphatic carbocycles. The lowest BCUT2D eigenvalue weighted by atomic mass is 10.1. The van der Waals surface area contributed by atoms with Crippen LogP contribution in [0.4, 0.5) is 5.82 Å². The van der Waals surface area contributed by atoms with Crippen molar-refractivity contribution in [1.29, 1.82) is 0 Å². The molecule has 7 nitrogen and oxygen atoms in total. The van der Waals surface area contributed by atoms with Crippen LogP contribution >= 0.6 is 45.2 Å². The first-order valence-corrected chi connectivity index (χ1v) is 9.80. The summed E-state index contributed by atoms with van der Waals surface area (Å²) in [4.78, 5) is 16.0. The van der Waals surface area contributed by atoms with Gasteiger partial charge in [-0.1, -0.05) is 5.92 Å². The fraction of sp³-hybridized carbons (Fsp3) is 0.294. The maximum Gasteiger partial charge on any atom is 0.352 e. The minimum Gasteiger partial charge on any atom is -0.394 e. The molecule has 1 aliphatic heterocycles. The van der Waals surface area contributed by atoms with Crippen LogP contribution in [0.2, 0.25) is 0 Å². The summed E-state index contributed by atoms with van der Waals surface area (Å²) in [5.41, 5.74) is 4.24. The highest BCUT2D eigenvalue weighted by Crippen LogP contribution is 2.34. The summed E-state index contributed by atoms with van der Waals surface area (Å²) in [7, 11) is 0. The fourth-order valence-corrected chi connectivity index (χ4v) is 4.67. The van der Waals surface area contributed by atoms with Gasteiger partial charge in [0.05, 0.1) is 12.7 Å². The van der Waals surface area contributed by atoms with E-state index in [9.17, 15) is 15.0 Å². The van der Waals surface area contributed by atoms with Gasteiger partial charge in [0.15, 0.2) is 0 Å². The van der Waals surface area contributed by atoms with Crippen LogP contribution in [-0.2, 0) is 10.5 Å². The number of anilines is 1. The number of nitrogen functional groups attached to an aromatic ring is 1. The Labute approximate surface area is 176 Å². The molecule has 9 heteroatoms. The van der Waals surface area contributed by atoms with Gasteiger partial charge in [-0.15, -0.1) is 0 Å². The van der Waals surface area contributed by atoms with E-state index in [-0.39, 0.29) is 18.8 Å². The summed E-state index contributed by atoms with van der Waals surface area (Å²) < 4.78 is 9.06. The normalized spacial score (nSPS) is 24.9. The molecule has 1 saturated heterocycles. The fourth-order valence-electron chi connectivity index (χ4n) is 2.73. The van der Waals surface area contributed by atoms with Crippen molar-refractivity contribution in [2.24, 2.45) is 0 Å². The van der Waals surface area contributed by atoms with Crippen molar-refractivity contribution in [3.8, 4) is 11.8 Å². The summed E-state index contributed by atoms with van der Waals surface area (Å²) in [6, 6.07) is 7.28. The van der Waals surface area contributed by atoms with Crippen molar-refractivity contribution in [2.75, 3.05) is 12.3 Å². The smallest absolute Gasteiger partial charge is 0.352 e. The average Bonchev–Trinajstić information content (AvgIpc) is 2.89. The third kappa shape index (κ3) is 4.04. The predicted molar refractivity (Wildman–Crippen MR) is 112 cm³/mol. The first-order chi connectivity index (χ1) is 12.3. The summed E-state index contributed by atoms with van der Waals surface area (Å²) >= 11 is 4.40. The zero-order valence-electron chi connectivity index (χ0n) is 13.4. The number of aliphatic hydroxyl groups excluding tert-OH is 2. The van der Waals surface area contributed by atoms with Crippen molar-refractivity contribution < 1.29 is 14.9 Å². The number of ether oxygens (including phenoxy) is 1. The van der Waals surface area contributed by atoms with Crippen molar-refractivity contribution in [1.82, 2.24) is 9.55 Å². The first-order valence-electron chi connectivity index (χ1n) is 7.65. The molecule has 2 heterocycles. The molecule has 3 rings (SSSR count). The molecule has 1 aliphatic rings. The van der Waals surface area contributed by atoms with Gasteiger partial charge in [0.25, 0.3) is 0 Å². The van der Waals surface area contributed by atoms with E-state index in [1.165, 1.54) is 16.8 Å². The number of nitrogens with two attached hydrogens (primary N) is 1. The highest BCUT2D eigenvalue weighted by atomic mass is 127. The van der Waals surface area contributed by atoms with Gasteiger partial charge < -0.3 is 20.7 Å². The molecule has 0 amide bonds. The molecule has 0 unspecified atom stereocenters. The lowest BCUT2D eigenvalue weighted by Crippen LogP contribution is -2.41. The third-order valence-electron chi connectivity index (χ3n) is 3.92. The van der Waals surface area contributed by atoms with E-state index in [1.54, 1.807) is 0 Å². The number of halogens is 2. The van der Waals surface area contributed by atoms with Gasteiger partial charge >= 0.3 is 5.69 Å². The number of rotatable bonds is 2. The highest BCUT2D eigenvalue weighted by molar-refractivity contribution is 14.1. The van der Waals surface area contributed by atoms with Crippen LogP contribution in [0.3, 0.4) is 0 Å². The van der Waals surface area contributed by atoms with Gasteiger partial charge in [-0.05, 0) is 75.4 Å². The minimum atomic E-state index is -1.43. The zero-order valence-corrected chi connectivity index (χ0v) is 17.7. The Balaban J connectivity index is 2.11. The monoisotopic (exact) mass is 579 g/mol. The quantitative estimate of drug-likeness (QED) is 0.361. The second-order valence-corrected chi connectivity index (χ2v) is 8.30. The lowest BCUT2D eigenvalue weighted by molar-refractivity contribution is -0.0836.